The maximum absolute atomic E-state index is 12.1. The Balaban J connectivity index is 2.84. The Morgan fingerprint density at radius 1 is 1.17 bits per heavy atom. The molecule has 0 heterocycles. The number of hydrogen-bond donors (Lipinski definition) is 1. The van der Waals surface area contributed by atoms with E-state index in [0.717, 1.165) is 0 Å². The summed E-state index contributed by atoms with van der Waals surface area (Å²) in [4.78, 5) is 13.9. The molecule has 1 amide bonds. The number of phenols is 1. The number of aromatic hydroxyl groups is 1. The Labute approximate surface area is 109 Å². The van der Waals surface area contributed by atoms with E-state index < -0.39 is 0 Å². The number of phenolic OH excluding ortho intramolecular Hbond substituents is 1. The van der Waals surface area contributed by atoms with Crippen molar-refractivity contribution in [1.29, 1.82) is 0 Å². The molecular weight excluding hydrogens is 226 g/mol. The van der Waals surface area contributed by atoms with Gasteiger partial charge in [-0.3, -0.25) is 4.79 Å². The molecule has 1 N–H and O–H groups in total. The number of benzene rings is 1. The van der Waals surface area contributed by atoms with E-state index >= 15 is 0 Å². The van der Waals surface area contributed by atoms with Crippen molar-refractivity contribution in [3.8, 4) is 5.75 Å². The van der Waals surface area contributed by atoms with Gasteiger partial charge in [0, 0.05) is 23.7 Å². The quantitative estimate of drug-likeness (QED) is 0.831. The minimum Gasteiger partial charge on any atom is -0.507 e. The number of para-hydroxylation sites is 1. The molecule has 3 heteroatoms. The highest BCUT2D eigenvalue weighted by molar-refractivity contribution is 5.92. The smallest absolute Gasteiger partial charge is 0.247 e. The van der Waals surface area contributed by atoms with Crippen LogP contribution in [0.3, 0.4) is 0 Å². The van der Waals surface area contributed by atoms with Crippen LogP contribution in [0.25, 0.3) is 6.08 Å². The third kappa shape index (κ3) is 3.62. The van der Waals surface area contributed by atoms with Gasteiger partial charge in [0.25, 0.3) is 0 Å². The molecule has 98 valence electrons. The van der Waals surface area contributed by atoms with Gasteiger partial charge in [-0.1, -0.05) is 18.2 Å². The number of rotatable bonds is 4. The fourth-order valence-electron chi connectivity index (χ4n) is 1.98. The molecule has 1 aromatic rings. The molecule has 3 nitrogen and oxygen atoms in total. The lowest BCUT2D eigenvalue weighted by Gasteiger charge is -2.29. The standard InChI is InChI=1S/C15H21NO2/c1-11(2)16(12(3)4)15(18)10-9-13-7-5-6-8-14(13)17/h5-12,17H,1-4H3. The molecule has 0 spiro atoms. The van der Waals surface area contributed by atoms with Crippen molar-refractivity contribution in [2.45, 2.75) is 39.8 Å². The highest BCUT2D eigenvalue weighted by atomic mass is 16.3. The summed E-state index contributed by atoms with van der Waals surface area (Å²) in [5, 5.41) is 9.60. The summed E-state index contributed by atoms with van der Waals surface area (Å²) in [6.07, 6.45) is 3.16. The van der Waals surface area contributed by atoms with Gasteiger partial charge in [0.1, 0.15) is 5.75 Å². The summed E-state index contributed by atoms with van der Waals surface area (Å²) in [6.45, 7) is 7.97. The third-order valence-corrected chi connectivity index (χ3v) is 2.71. The van der Waals surface area contributed by atoms with Crippen LogP contribution in [0.5, 0.6) is 5.75 Å². The van der Waals surface area contributed by atoms with Gasteiger partial charge < -0.3 is 10.0 Å². The van der Waals surface area contributed by atoms with Crippen molar-refractivity contribution in [2.75, 3.05) is 0 Å². The van der Waals surface area contributed by atoms with Crippen LogP contribution in [0.1, 0.15) is 33.3 Å². The second kappa shape index (κ2) is 6.24. The zero-order valence-corrected chi connectivity index (χ0v) is 11.4. The molecule has 0 aliphatic carbocycles. The van der Waals surface area contributed by atoms with E-state index in [9.17, 15) is 9.90 Å². The minimum atomic E-state index is -0.0387. The van der Waals surface area contributed by atoms with Crippen molar-refractivity contribution in [3.05, 3.63) is 35.9 Å². The zero-order chi connectivity index (χ0) is 13.7. The fraction of sp³-hybridized carbons (Fsp3) is 0.400. The van der Waals surface area contributed by atoms with Crippen LogP contribution in [0, 0.1) is 0 Å². The van der Waals surface area contributed by atoms with Gasteiger partial charge in [-0.05, 0) is 39.8 Å². The van der Waals surface area contributed by atoms with Gasteiger partial charge in [0.2, 0.25) is 5.91 Å². The second-order valence-corrected chi connectivity index (χ2v) is 4.83. The van der Waals surface area contributed by atoms with Gasteiger partial charge in [-0.15, -0.1) is 0 Å². The maximum atomic E-state index is 12.1. The Kier molecular flexibility index (Phi) is 4.95. The molecule has 0 radical (unpaired) electrons. The molecule has 0 bridgehead atoms. The number of carbonyl (C=O) groups is 1. The zero-order valence-electron chi connectivity index (χ0n) is 11.4. The first-order chi connectivity index (χ1) is 8.43. The Hall–Kier alpha value is -1.77. The van der Waals surface area contributed by atoms with Crippen LogP contribution < -0.4 is 0 Å². The predicted octanol–water partition coefficient (Wildman–Crippen LogP) is 3.05. The van der Waals surface area contributed by atoms with Crippen molar-refractivity contribution < 1.29 is 9.90 Å². The first kappa shape index (κ1) is 14.3. The number of hydrogen-bond acceptors (Lipinski definition) is 2. The molecule has 0 saturated carbocycles. The normalized spacial score (nSPS) is 11.4. The summed E-state index contributed by atoms with van der Waals surface area (Å²) in [5.74, 6) is 0.144. The van der Waals surface area contributed by atoms with E-state index in [1.165, 1.54) is 6.08 Å². The van der Waals surface area contributed by atoms with Gasteiger partial charge in [-0.2, -0.15) is 0 Å². The van der Waals surface area contributed by atoms with Crippen molar-refractivity contribution in [2.24, 2.45) is 0 Å². The average molecular weight is 247 g/mol. The topological polar surface area (TPSA) is 40.5 Å². The lowest BCUT2D eigenvalue weighted by molar-refractivity contribution is -0.129. The highest BCUT2D eigenvalue weighted by Gasteiger charge is 2.17. The van der Waals surface area contributed by atoms with Gasteiger partial charge in [0.15, 0.2) is 0 Å². The Morgan fingerprint density at radius 2 is 1.72 bits per heavy atom. The molecule has 1 rings (SSSR count). The fourth-order valence-corrected chi connectivity index (χ4v) is 1.98. The minimum absolute atomic E-state index is 0.0387. The number of nitrogens with zero attached hydrogens (tertiary/aromatic N) is 1. The molecule has 0 unspecified atom stereocenters. The summed E-state index contributed by atoms with van der Waals surface area (Å²) in [7, 11) is 0. The summed E-state index contributed by atoms with van der Waals surface area (Å²) >= 11 is 0. The maximum Gasteiger partial charge on any atom is 0.247 e. The van der Waals surface area contributed by atoms with Crippen molar-refractivity contribution in [1.82, 2.24) is 4.90 Å². The van der Waals surface area contributed by atoms with E-state index in [1.807, 2.05) is 33.8 Å². The van der Waals surface area contributed by atoms with Crippen LogP contribution in [0.4, 0.5) is 0 Å². The number of amides is 1. The average Bonchev–Trinajstić information content (AvgIpc) is 2.27. The molecule has 1 aromatic carbocycles. The molecule has 18 heavy (non-hydrogen) atoms. The van der Waals surface area contributed by atoms with E-state index in [0.29, 0.717) is 5.56 Å². The van der Waals surface area contributed by atoms with Gasteiger partial charge in [-0.25, -0.2) is 0 Å². The van der Waals surface area contributed by atoms with E-state index in [-0.39, 0.29) is 23.7 Å². The van der Waals surface area contributed by atoms with Crippen LogP contribution >= 0.6 is 0 Å². The largest absolute Gasteiger partial charge is 0.507 e. The molecule has 0 aliphatic heterocycles. The van der Waals surface area contributed by atoms with Gasteiger partial charge >= 0.3 is 0 Å². The van der Waals surface area contributed by atoms with E-state index in [1.54, 1.807) is 29.2 Å². The first-order valence-electron chi connectivity index (χ1n) is 6.22. The molecule has 0 saturated heterocycles. The molecule has 0 atom stereocenters. The van der Waals surface area contributed by atoms with Crippen molar-refractivity contribution in [3.63, 3.8) is 0 Å². The molecular formula is C15H21NO2. The van der Waals surface area contributed by atoms with E-state index in [4.69, 9.17) is 0 Å². The Morgan fingerprint density at radius 3 is 2.22 bits per heavy atom. The van der Waals surface area contributed by atoms with Crippen LogP contribution in [-0.4, -0.2) is 28.0 Å². The van der Waals surface area contributed by atoms with Crippen LogP contribution in [0.15, 0.2) is 30.3 Å². The van der Waals surface area contributed by atoms with Crippen molar-refractivity contribution >= 4 is 12.0 Å². The first-order valence-corrected chi connectivity index (χ1v) is 6.22. The van der Waals surface area contributed by atoms with Crippen LogP contribution in [-0.2, 0) is 4.79 Å². The van der Waals surface area contributed by atoms with Crippen LogP contribution in [0.2, 0.25) is 0 Å². The Bertz CT molecular complexity index is 428. The van der Waals surface area contributed by atoms with Gasteiger partial charge in [0.05, 0.1) is 0 Å². The molecule has 0 aliphatic rings. The summed E-state index contributed by atoms with van der Waals surface area (Å²) in [6, 6.07) is 7.27. The number of carbonyl (C=O) groups excluding carboxylic acids is 1. The lowest BCUT2D eigenvalue weighted by Crippen LogP contribution is -2.41. The highest BCUT2D eigenvalue weighted by Crippen LogP contribution is 2.17. The monoisotopic (exact) mass is 247 g/mol. The van der Waals surface area contributed by atoms with E-state index in [2.05, 4.69) is 0 Å². The second-order valence-electron chi connectivity index (χ2n) is 4.83. The summed E-state index contributed by atoms with van der Waals surface area (Å²) < 4.78 is 0. The lowest BCUT2D eigenvalue weighted by atomic mass is 10.1. The SMILES string of the molecule is CC(C)N(C(=O)C=Cc1ccccc1O)C(C)C. The molecule has 0 fully saturated rings. The summed E-state index contributed by atoms with van der Waals surface area (Å²) in [5.41, 5.74) is 0.651. The third-order valence-electron chi connectivity index (χ3n) is 2.71. The predicted molar refractivity (Wildman–Crippen MR) is 74.3 cm³/mol. The molecule has 0 aromatic heterocycles.